The van der Waals surface area contributed by atoms with Crippen LogP contribution in [-0.4, -0.2) is 33.3 Å². The van der Waals surface area contributed by atoms with Gasteiger partial charge in [-0.2, -0.15) is 0 Å². The molecule has 0 saturated carbocycles. The minimum absolute atomic E-state index is 0. The summed E-state index contributed by atoms with van der Waals surface area (Å²) in [4.78, 5) is 4.14. The largest absolute Gasteiger partial charge is 0.385 e. The molecule has 120 valence electrons. The molecule has 0 saturated heterocycles. The zero-order chi connectivity index (χ0) is 14.6. The third-order valence-electron chi connectivity index (χ3n) is 2.89. The summed E-state index contributed by atoms with van der Waals surface area (Å²) in [7, 11) is 3.45. The summed E-state index contributed by atoms with van der Waals surface area (Å²) >= 11 is 0. The van der Waals surface area contributed by atoms with Crippen LogP contribution in [0.3, 0.4) is 0 Å². The fourth-order valence-corrected chi connectivity index (χ4v) is 1.81. The summed E-state index contributed by atoms with van der Waals surface area (Å²) < 4.78 is 18.0. The third kappa shape index (κ3) is 9.62. The Labute approximate surface area is 143 Å². The zero-order valence-electron chi connectivity index (χ0n) is 12.7. The first-order valence-corrected chi connectivity index (χ1v) is 6.94. The van der Waals surface area contributed by atoms with E-state index in [-0.39, 0.29) is 29.8 Å². The molecule has 0 radical (unpaired) electrons. The Kier molecular flexibility index (Phi) is 12.3. The number of methoxy groups -OCH3 is 1. The molecular formula is C15H25FIN3O. The molecule has 0 heterocycles. The van der Waals surface area contributed by atoms with Crippen LogP contribution in [0.2, 0.25) is 0 Å². The van der Waals surface area contributed by atoms with Gasteiger partial charge in [-0.1, -0.05) is 12.1 Å². The molecule has 2 N–H and O–H groups in total. The minimum atomic E-state index is -0.217. The lowest BCUT2D eigenvalue weighted by atomic mass is 10.2. The van der Waals surface area contributed by atoms with Gasteiger partial charge < -0.3 is 15.4 Å². The van der Waals surface area contributed by atoms with E-state index >= 15 is 0 Å². The summed E-state index contributed by atoms with van der Waals surface area (Å²) in [5.41, 5.74) is 0.896. The van der Waals surface area contributed by atoms with E-state index in [1.165, 1.54) is 12.1 Å². The highest BCUT2D eigenvalue weighted by Gasteiger charge is 1.99. The molecular weight excluding hydrogens is 384 g/mol. The first-order chi connectivity index (χ1) is 9.76. The number of hydrogen-bond donors (Lipinski definition) is 2. The molecule has 0 fully saturated rings. The van der Waals surface area contributed by atoms with Gasteiger partial charge in [0.25, 0.3) is 0 Å². The fourth-order valence-electron chi connectivity index (χ4n) is 1.81. The topological polar surface area (TPSA) is 45.7 Å². The van der Waals surface area contributed by atoms with Crippen molar-refractivity contribution in [3.8, 4) is 0 Å². The Balaban J connectivity index is 0.00000400. The highest BCUT2D eigenvalue weighted by molar-refractivity contribution is 14.0. The lowest BCUT2D eigenvalue weighted by Crippen LogP contribution is -2.37. The van der Waals surface area contributed by atoms with E-state index in [4.69, 9.17) is 4.74 Å². The van der Waals surface area contributed by atoms with Crippen molar-refractivity contribution < 1.29 is 9.13 Å². The smallest absolute Gasteiger partial charge is 0.191 e. The van der Waals surface area contributed by atoms with Gasteiger partial charge in [-0.3, -0.25) is 4.99 Å². The molecule has 0 aliphatic heterocycles. The normalized spacial score (nSPS) is 10.9. The second-order valence-corrected chi connectivity index (χ2v) is 4.54. The molecule has 0 spiro atoms. The number of ether oxygens (including phenoxy) is 1. The van der Waals surface area contributed by atoms with Gasteiger partial charge in [-0.15, -0.1) is 24.0 Å². The minimum Gasteiger partial charge on any atom is -0.385 e. The Morgan fingerprint density at radius 1 is 1.24 bits per heavy atom. The fraction of sp³-hybridized carbons (Fsp3) is 0.533. The van der Waals surface area contributed by atoms with Crippen molar-refractivity contribution in [2.24, 2.45) is 4.99 Å². The molecule has 4 nitrogen and oxygen atoms in total. The van der Waals surface area contributed by atoms with Gasteiger partial charge >= 0.3 is 0 Å². The molecule has 1 aromatic rings. The average Bonchev–Trinajstić information content (AvgIpc) is 2.46. The predicted molar refractivity (Wildman–Crippen MR) is 95.7 cm³/mol. The van der Waals surface area contributed by atoms with E-state index in [1.54, 1.807) is 20.2 Å². The molecule has 1 rings (SSSR count). The number of guanidine groups is 1. The van der Waals surface area contributed by atoms with Crippen LogP contribution in [0.5, 0.6) is 0 Å². The Bertz CT molecular complexity index is 416. The van der Waals surface area contributed by atoms with Crippen molar-refractivity contribution in [1.29, 1.82) is 0 Å². The number of rotatable bonds is 8. The van der Waals surface area contributed by atoms with Crippen LogP contribution in [0.4, 0.5) is 4.39 Å². The first-order valence-electron chi connectivity index (χ1n) is 6.94. The van der Waals surface area contributed by atoms with Gasteiger partial charge in [0.05, 0.1) is 0 Å². The van der Waals surface area contributed by atoms with Crippen LogP contribution < -0.4 is 10.6 Å². The van der Waals surface area contributed by atoms with E-state index < -0.39 is 0 Å². The number of aliphatic imine (C=N–C) groups is 1. The maximum absolute atomic E-state index is 13.0. The highest BCUT2D eigenvalue weighted by Crippen LogP contribution is 2.02. The Morgan fingerprint density at radius 3 is 2.71 bits per heavy atom. The Hall–Kier alpha value is -0.890. The van der Waals surface area contributed by atoms with Crippen LogP contribution in [0.15, 0.2) is 29.3 Å². The summed E-state index contributed by atoms with van der Waals surface area (Å²) in [6, 6.07) is 6.55. The van der Waals surface area contributed by atoms with Gasteiger partial charge in [-0.25, -0.2) is 4.39 Å². The van der Waals surface area contributed by atoms with Crippen LogP contribution in [0.1, 0.15) is 24.8 Å². The zero-order valence-corrected chi connectivity index (χ0v) is 15.0. The van der Waals surface area contributed by atoms with Gasteiger partial charge in [0.1, 0.15) is 5.82 Å². The predicted octanol–water partition coefficient (Wildman–Crippen LogP) is 2.93. The molecule has 21 heavy (non-hydrogen) atoms. The monoisotopic (exact) mass is 409 g/mol. The van der Waals surface area contributed by atoms with Gasteiger partial charge in [0, 0.05) is 33.9 Å². The number of nitrogens with one attached hydrogen (secondary N) is 2. The summed E-state index contributed by atoms with van der Waals surface area (Å²) in [5, 5.41) is 6.40. The quantitative estimate of drug-likeness (QED) is 0.301. The molecule has 1 aromatic carbocycles. The molecule has 0 atom stereocenters. The van der Waals surface area contributed by atoms with Gasteiger partial charge in [0.2, 0.25) is 0 Å². The van der Waals surface area contributed by atoms with Crippen molar-refractivity contribution in [2.45, 2.75) is 25.8 Å². The van der Waals surface area contributed by atoms with Crippen molar-refractivity contribution in [3.63, 3.8) is 0 Å². The van der Waals surface area contributed by atoms with Crippen LogP contribution >= 0.6 is 24.0 Å². The highest BCUT2D eigenvalue weighted by atomic mass is 127. The van der Waals surface area contributed by atoms with Crippen LogP contribution in [0, 0.1) is 5.82 Å². The maximum atomic E-state index is 13.0. The molecule has 0 bridgehead atoms. The standard InChI is InChI=1S/C15H24FN3O.HI/c1-17-15(18-9-4-3-5-10-20-2)19-12-13-7-6-8-14(16)11-13;/h6-8,11H,3-5,9-10,12H2,1-2H3,(H2,17,18,19);1H. The van der Waals surface area contributed by atoms with E-state index in [2.05, 4.69) is 15.6 Å². The van der Waals surface area contributed by atoms with Crippen molar-refractivity contribution in [2.75, 3.05) is 27.3 Å². The second kappa shape index (κ2) is 12.8. The van der Waals surface area contributed by atoms with Crippen molar-refractivity contribution in [1.82, 2.24) is 10.6 Å². The van der Waals surface area contributed by atoms with E-state index in [9.17, 15) is 4.39 Å². The summed E-state index contributed by atoms with van der Waals surface area (Å²) in [6.45, 7) is 2.24. The average molecular weight is 409 g/mol. The molecule has 0 aromatic heterocycles. The van der Waals surface area contributed by atoms with E-state index in [0.717, 1.165) is 43.9 Å². The molecule has 6 heteroatoms. The lowest BCUT2D eigenvalue weighted by molar-refractivity contribution is 0.192. The van der Waals surface area contributed by atoms with Gasteiger partial charge in [0.15, 0.2) is 5.96 Å². The summed E-state index contributed by atoms with van der Waals surface area (Å²) in [6.07, 6.45) is 3.28. The number of benzene rings is 1. The lowest BCUT2D eigenvalue weighted by Gasteiger charge is -2.11. The summed E-state index contributed by atoms with van der Waals surface area (Å²) in [5.74, 6) is 0.520. The van der Waals surface area contributed by atoms with E-state index in [0.29, 0.717) is 6.54 Å². The molecule has 0 unspecified atom stereocenters. The first kappa shape index (κ1) is 20.1. The van der Waals surface area contributed by atoms with Crippen LogP contribution in [-0.2, 0) is 11.3 Å². The maximum Gasteiger partial charge on any atom is 0.191 e. The Morgan fingerprint density at radius 2 is 2.05 bits per heavy atom. The number of hydrogen-bond acceptors (Lipinski definition) is 2. The molecule has 0 aliphatic rings. The van der Waals surface area contributed by atoms with E-state index in [1.807, 2.05) is 6.07 Å². The van der Waals surface area contributed by atoms with Gasteiger partial charge in [-0.05, 0) is 37.0 Å². The van der Waals surface area contributed by atoms with Crippen LogP contribution in [0.25, 0.3) is 0 Å². The molecule has 0 amide bonds. The molecule has 0 aliphatic carbocycles. The number of nitrogens with zero attached hydrogens (tertiary/aromatic N) is 1. The van der Waals surface area contributed by atoms with Crippen molar-refractivity contribution >= 4 is 29.9 Å². The number of halogens is 2. The van der Waals surface area contributed by atoms with Crippen molar-refractivity contribution in [3.05, 3.63) is 35.6 Å². The second-order valence-electron chi connectivity index (χ2n) is 4.54. The number of unbranched alkanes of at least 4 members (excludes halogenated alkanes) is 2. The third-order valence-corrected chi connectivity index (χ3v) is 2.89. The SMILES string of the molecule is CN=C(NCCCCCOC)NCc1cccc(F)c1.I.